The molecule has 8 heteroatoms. The van der Waals surface area contributed by atoms with Gasteiger partial charge in [-0.05, 0) is 23.6 Å². The van der Waals surface area contributed by atoms with Crippen molar-refractivity contribution < 1.29 is 13.9 Å². The van der Waals surface area contributed by atoms with Crippen molar-refractivity contribution in [2.75, 3.05) is 46.9 Å². The second kappa shape index (κ2) is 12.4. The van der Waals surface area contributed by atoms with Crippen LogP contribution in [0, 0.1) is 11.7 Å². The highest BCUT2D eigenvalue weighted by Gasteiger charge is 2.21. The minimum atomic E-state index is -0.365. The molecule has 1 heterocycles. The minimum absolute atomic E-state index is 0. The number of guanidine groups is 1. The summed E-state index contributed by atoms with van der Waals surface area (Å²) >= 11 is 0. The van der Waals surface area contributed by atoms with Crippen molar-refractivity contribution in [2.24, 2.45) is 10.9 Å². The molecule has 6 nitrogen and oxygen atoms in total. The number of hydrogen-bond acceptors (Lipinski definition) is 4. The van der Waals surface area contributed by atoms with Crippen LogP contribution in [0.25, 0.3) is 0 Å². The lowest BCUT2D eigenvalue weighted by Gasteiger charge is -2.34. The van der Waals surface area contributed by atoms with Crippen LogP contribution in [0.5, 0.6) is 5.75 Å². The standard InChI is InChI=1S/C19H31FN4O2.HI/c1-14(2)12-24-7-8-26-16(13-24)11-23-19(21-3)22-10-15-5-6-18(25-4)17(20)9-15;/h5-6,9,14,16H,7-8,10-13H2,1-4H3,(H2,21,22,23);1H. The molecule has 0 saturated carbocycles. The molecule has 2 rings (SSSR count). The van der Waals surface area contributed by atoms with Crippen molar-refractivity contribution in [2.45, 2.75) is 26.5 Å². The molecular weight excluding hydrogens is 462 g/mol. The molecule has 1 aliphatic heterocycles. The molecule has 1 fully saturated rings. The van der Waals surface area contributed by atoms with E-state index in [9.17, 15) is 4.39 Å². The van der Waals surface area contributed by atoms with Gasteiger partial charge in [0, 0.05) is 39.8 Å². The molecule has 1 atom stereocenters. The lowest BCUT2D eigenvalue weighted by molar-refractivity contribution is -0.0284. The van der Waals surface area contributed by atoms with E-state index in [4.69, 9.17) is 9.47 Å². The van der Waals surface area contributed by atoms with Gasteiger partial charge in [0.15, 0.2) is 17.5 Å². The Labute approximate surface area is 178 Å². The van der Waals surface area contributed by atoms with E-state index in [1.54, 1.807) is 13.1 Å². The van der Waals surface area contributed by atoms with Gasteiger partial charge in [-0.1, -0.05) is 19.9 Å². The predicted molar refractivity (Wildman–Crippen MR) is 118 cm³/mol. The summed E-state index contributed by atoms with van der Waals surface area (Å²) in [6.45, 7) is 9.40. The fourth-order valence-electron chi connectivity index (χ4n) is 3.02. The van der Waals surface area contributed by atoms with E-state index in [-0.39, 0.29) is 41.6 Å². The van der Waals surface area contributed by atoms with Crippen LogP contribution in [0.15, 0.2) is 23.2 Å². The number of benzene rings is 1. The Balaban J connectivity index is 0.00000364. The molecule has 0 amide bonds. The van der Waals surface area contributed by atoms with Crippen molar-refractivity contribution in [3.63, 3.8) is 0 Å². The molecular formula is C19H32FIN4O2. The Morgan fingerprint density at radius 2 is 2.19 bits per heavy atom. The molecule has 0 bridgehead atoms. The average molecular weight is 494 g/mol. The highest BCUT2D eigenvalue weighted by molar-refractivity contribution is 14.0. The lowest BCUT2D eigenvalue weighted by Crippen LogP contribution is -2.50. The first kappa shape index (κ1) is 23.9. The summed E-state index contributed by atoms with van der Waals surface area (Å²) in [5.74, 6) is 1.21. The number of halogens is 2. The smallest absolute Gasteiger partial charge is 0.191 e. The van der Waals surface area contributed by atoms with Crippen LogP contribution < -0.4 is 15.4 Å². The van der Waals surface area contributed by atoms with Crippen LogP contribution >= 0.6 is 24.0 Å². The number of ether oxygens (including phenoxy) is 2. The number of nitrogens with zero attached hydrogens (tertiary/aromatic N) is 2. The van der Waals surface area contributed by atoms with Gasteiger partial charge in [-0.15, -0.1) is 24.0 Å². The fraction of sp³-hybridized carbons (Fsp3) is 0.632. The third-order valence-corrected chi connectivity index (χ3v) is 4.24. The number of methoxy groups -OCH3 is 1. The van der Waals surface area contributed by atoms with Crippen LogP contribution in [0.2, 0.25) is 0 Å². The molecule has 0 radical (unpaired) electrons. The molecule has 2 N–H and O–H groups in total. The molecule has 1 saturated heterocycles. The molecule has 1 unspecified atom stereocenters. The Hall–Kier alpha value is -1.13. The van der Waals surface area contributed by atoms with Gasteiger partial charge in [-0.25, -0.2) is 4.39 Å². The largest absolute Gasteiger partial charge is 0.494 e. The molecule has 154 valence electrons. The summed E-state index contributed by atoms with van der Waals surface area (Å²) in [6.07, 6.45) is 0.138. The molecule has 0 aliphatic carbocycles. The zero-order valence-electron chi connectivity index (χ0n) is 16.6. The van der Waals surface area contributed by atoms with E-state index in [0.717, 1.165) is 31.8 Å². The first-order valence-corrected chi connectivity index (χ1v) is 9.12. The average Bonchev–Trinajstić information content (AvgIpc) is 2.62. The van der Waals surface area contributed by atoms with Gasteiger partial charge in [0.05, 0.1) is 19.8 Å². The molecule has 1 aliphatic rings. The van der Waals surface area contributed by atoms with E-state index in [2.05, 4.69) is 34.4 Å². The van der Waals surface area contributed by atoms with E-state index in [0.29, 0.717) is 25.0 Å². The van der Waals surface area contributed by atoms with Crippen LogP contribution in [0.1, 0.15) is 19.4 Å². The van der Waals surface area contributed by atoms with Gasteiger partial charge in [0.2, 0.25) is 0 Å². The van der Waals surface area contributed by atoms with Crippen LogP contribution in [-0.4, -0.2) is 63.9 Å². The number of morpholine rings is 1. The maximum Gasteiger partial charge on any atom is 0.191 e. The van der Waals surface area contributed by atoms with E-state index in [1.807, 2.05) is 6.07 Å². The zero-order valence-corrected chi connectivity index (χ0v) is 19.0. The maximum atomic E-state index is 13.8. The quantitative estimate of drug-likeness (QED) is 0.347. The first-order chi connectivity index (χ1) is 12.5. The summed E-state index contributed by atoms with van der Waals surface area (Å²) < 4.78 is 24.5. The number of nitrogens with one attached hydrogen (secondary N) is 2. The van der Waals surface area contributed by atoms with Gasteiger partial charge in [-0.3, -0.25) is 9.89 Å². The predicted octanol–water partition coefficient (Wildman–Crippen LogP) is 2.47. The van der Waals surface area contributed by atoms with Gasteiger partial charge in [0.1, 0.15) is 0 Å². The molecule has 27 heavy (non-hydrogen) atoms. The van der Waals surface area contributed by atoms with E-state index < -0.39 is 0 Å². The summed E-state index contributed by atoms with van der Waals surface area (Å²) in [5, 5.41) is 6.48. The second-order valence-corrected chi connectivity index (χ2v) is 6.92. The minimum Gasteiger partial charge on any atom is -0.494 e. The number of hydrogen-bond donors (Lipinski definition) is 2. The molecule has 0 spiro atoms. The SMILES string of the molecule is CN=C(NCc1ccc(OC)c(F)c1)NCC1CN(CC(C)C)CCO1.I. The Kier molecular flexibility index (Phi) is 10.9. The first-order valence-electron chi connectivity index (χ1n) is 9.12. The zero-order chi connectivity index (χ0) is 18.9. The van der Waals surface area contributed by atoms with Crippen molar-refractivity contribution in [3.8, 4) is 5.75 Å². The molecule has 1 aromatic rings. The molecule has 1 aromatic carbocycles. The summed E-state index contributed by atoms with van der Waals surface area (Å²) in [7, 11) is 3.18. The van der Waals surface area contributed by atoms with Gasteiger partial charge in [0.25, 0.3) is 0 Å². The van der Waals surface area contributed by atoms with Crippen LogP contribution in [0.3, 0.4) is 0 Å². The van der Waals surface area contributed by atoms with Crippen molar-refractivity contribution in [1.82, 2.24) is 15.5 Å². The normalized spacial score (nSPS) is 18.1. The summed E-state index contributed by atoms with van der Waals surface area (Å²) in [4.78, 5) is 6.66. The van der Waals surface area contributed by atoms with Gasteiger partial charge in [-0.2, -0.15) is 0 Å². The highest BCUT2D eigenvalue weighted by Crippen LogP contribution is 2.17. The monoisotopic (exact) mass is 494 g/mol. The summed E-state index contributed by atoms with van der Waals surface area (Å²) in [5.41, 5.74) is 0.822. The van der Waals surface area contributed by atoms with Gasteiger partial charge < -0.3 is 20.1 Å². The topological polar surface area (TPSA) is 58.1 Å². The third kappa shape index (κ3) is 8.18. The Morgan fingerprint density at radius 3 is 2.81 bits per heavy atom. The van der Waals surface area contributed by atoms with E-state index in [1.165, 1.54) is 13.2 Å². The Morgan fingerprint density at radius 1 is 1.41 bits per heavy atom. The second-order valence-electron chi connectivity index (χ2n) is 6.92. The van der Waals surface area contributed by atoms with Crippen molar-refractivity contribution in [1.29, 1.82) is 0 Å². The Bertz CT molecular complexity index is 601. The van der Waals surface area contributed by atoms with Crippen molar-refractivity contribution >= 4 is 29.9 Å². The number of rotatable bonds is 7. The van der Waals surface area contributed by atoms with Crippen LogP contribution in [0.4, 0.5) is 4.39 Å². The lowest BCUT2D eigenvalue weighted by atomic mass is 10.2. The van der Waals surface area contributed by atoms with Crippen molar-refractivity contribution in [3.05, 3.63) is 29.6 Å². The highest BCUT2D eigenvalue weighted by atomic mass is 127. The maximum absolute atomic E-state index is 13.8. The molecule has 0 aromatic heterocycles. The van der Waals surface area contributed by atoms with E-state index >= 15 is 0 Å². The fourth-order valence-corrected chi connectivity index (χ4v) is 3.02. The van der Waals surface area contributed by atoms with Gasteiger partial charge >= 0.3 is 0 Å². The summed E-state index contributed by atoms with van der Waals surface area (Å²) in [6, 6.07) is 4.92. The third-order valence-electron chi connectivity index (χ3n) is 4.24. The number of aliphatic imine (C=N–C) groups is 1. The van der Waals surface area contributed by atoms with Crippen LogP contribution in [-0.2, 0) is 11.3 Å².